The largest absolute Gasteiger partial charge is 0.480 e. The van der Waals surface area contributed by atoms with Crippen molar-refractivity contribution in [2.24, 2.45) is 5.92 Å². The molecule has 1 fully saturated rings. The van der Waals surface area contributed by atoms with Crippen molar-refractivity contribution in [1.82, 2.24) is 5.32 Å². The summed E-state index contributed by atoms with van der Waals surface area (Å²) in [5.41, 5.74) is 0.939. The lowest BCUT2D eigenvalue weighted by atomic mass is 9.97. The predicted molar refractivity (Wildman–Crippen MR) is 62.6 cm³/mol. The van der Waals surface area contributed by atoms with Crippen molar-refractivity contribution < 1.29 is 14.3 Å². The first-order chi connectivity index (χ1) is 8.06. The molecule has 92 valence electrons. The van der Waals surface area contributed by atoms with Gasteiger partial charge in [0.15, 0.2) is 0 Å². The molecule has 3 nitrogen and oxygen atoms in total. The predicted octanol–water partition coefficient (Wildman–Crippen LogP) is 2.08. The smallest absolute Gasteiger partial charge is 0.320 e. The molecule has 5 heteroatoms. The van der Waals surface area contributed by atoms with E-state index in [0.29, 0.717) is 13.0 Å². The van der Waals surface area contributed by atoms with Crippen LogP contribution in [0.2, 0.25) is 5.02 Å². The van der Waals surface area contributed by atoms with E-state index in [1.165, 1.54) is 6.07 Å². The molecular weight excluding hydrogens is 245 g/mol. The first-order valence-corrected chi connectivity index (χ1v) is 5.84. The third-order valence-corrected chi connectivity index (χ3v) is 3.32. The molecule has 17 heavy (non-hydrogen) atoms. The van der Waals surface area contributed by atoms with Gasteiger partial charge >= 0.3 is 5.97 Å². The number of halogens is 2. The lowest BCUT2D eigenvalue weighted by Crippen LogP contribution is -2.29. The Balaban J connectivity index is 1.98. The number of rotatable bonds is 3. The van der Waals surface area contributed by atoms with Crippen LogP contribution in [0.3, 0.4) is 0 Å². The van der Waals surface area contributed by atoms with Crippen molar-refractivity contribution in [3.05, 3.63) is 34.6 Å². The molecule has 1 aromatic rings. The lowest BCUT2D eigenvalue weighted by Gasteiger charge is -2.08. The Bertz CT molecular complexity index is 439. The Kier molecular flexibility index (Phi) is 3.64. The molecule has 2 rings (SSSR count). The topological polar surface area (TPSA) is 49.3 Å². The van der Waals surface area contributed by atoms with Gasteiger partial charge in [0.05, 0.1) is 5.02 Å². The van der Waals surface area contributed by atoms with Crippen LogP contribution in [0.15, 0.2) is 18.2 Å². The van der Waals surface area contributed by atoms with Crippen molar-refractivity contribution in [2.45, 2.75) is 18.9 Å². The fourth-order valence-corrected chi connectivity index (χ4v) is 2.36. The van der Waals surface area contributed by atoms with E-state index in [1.807, 2.05) is 0 Å². The standard InChI is InChI=1S/C12H13ClFNO2/c13-9-4-7(1-2-10(9)14)3-8-5-11(12(16)17)15-6-8/h1-2,4,8,11,15H,3,5-6H2,(H,16,17)/t8-,11+/m0/s1. The van der Waals surface area contributed by atoms with E-state index in [-0.39, 0.29) is 10.9 Å². The fraction of sp³-hybridized carbons (Fsp3) is 0.417. The van der Waals surface area contributed by atoms with E-state index in [1.54, 1.807) is 12.1 Å². The first kappa shape index (κ1) is 12.3. The monoisotopic (exact) mass is 257 g/mol. The van der Waals surface area contributed by atoms with Crippen molar-refractivity contribution in [1.29, 1.82) is 0 Å². The molecule has 2 atom stereocenters. The Morgan fingerprint density at radius 1 is 1.59 bits per heavy atom. The molecule has 0 aromatic heterocycles. The summed E-state index contributed by atoms with van der Waals surface area (Å²) in [6.07, 6.45) is 1.32. The number of carbonyl (C=O) groups is 1. The van der Waals surface area contributed by atoms with Gasteiger partial charge in [-0.15, -0.1) is 0 Å². The second-order valence-electron chi connectivity index (χ2n) is 4.35. The number of hydrogen-bond acceptors (Lipinski definition) is 2. The van der Waals surface area contributed by atoms with Crippen LogP contribution in [-0.2, 0) is 11.2 Å². The van der Waals surface area contributed by atoms with Crippen LogP contribution in [0.4, 0.5) is 4.39 Å². The zero-order valence-corrected chi connectivity index (χ0v) is 9.88. The van der Waals surface area contributed by atoms with Crippen LogP contribution in [0, 0.1) is 11.7 Å². The van der Waals surface area contributed by atoms with Crippen LogP contribution >= 0.6 is 11.6 Å². The number of carboxylic acid groups (broad SMARTS) is 1. The van der Waals surface area contributed by atoms with E-state index in [0.717, 1.165) is 12.0 Å². The molecule has 0 spiro atoms. The van der Waals surface area contributed by atoms with Gasteiger partial charge in [0.2, 0.25) is 0 Å². The van der Waals surface area contributed by atoms with Gasteiger partial charge in [-0.25, -0.2) is 4.39 Å². The van der Waals surface area contributed by atoms with E-state index < -0.39 is 17.8 Å². The van der Waals surface area contributed by atoms with Crippen LogP contribution in [0.1, 0.15) is 12.0 Å². The Morgan fingerprint density at radius 3 is 2.94 bits per heavy atom. The van der Waals surface area contributed by atoms with Gasteiger partial charge in [-0.05, 0) is 43.0 Å². The normalized spacial score (nSPS) is 23.9. The van der Waals surface area contributed by atoms with E-state index >= 15 is 0 Å². The zero-order chi connectivity index (χ0) is 12.4. The second-order valence-corrected chi connectivity index (χ2v) is 4.76. The summed E-state index contributed by atoms with van der Waals surface area (Å²) < 4.78 is 13.0. The van der Waals surface area contributed by atoms with Gasteiger partial charge < -0.3 is 10.4 Å². The molecule has 1 aliphatic heterocycles. The average molecular weight is 258 g/mol. The Labute approximate surface area is 104 Å². The summed E-state index contributed by atoms with van der Waals surface area (Å²) in [6.45, 7) is 0.673. The van der Waals surface area contributed by atoms with Gasteiger partial charge in [0, 0.05) is 0 Å². The van der Waals surface area contributed by atoms with E-state index in [4.69, 9.17) is 16.7 Å². The molecule has 0 bridgehead atoms. The number of nitrogens with one attached hydrogen (secondary N) is 1. The van der Waals surface area contributed by atoms with Crippen molar-refractivity contribution >= 4 is 17.6 Å². The highest BCUT2D eigenvalue weighted by Gasteiger charge is 2.28. The molecule has 0 radical (unpaired) electrons. The molecule has 0 aliphatic carbocycles. The molecule has 0 amide bonds. The average Bonchev–Trinajstić information content (AvgIpc) is 2.72. The highest BCUT2D eigenvalue weighted by Crippen LogP contribution is 2.22. The third kappa shape index (κ3) is 2.96. The minimum absolute atomic E-state index is 0.114. The van der Waals surface area contributed by atoms with Gasteiger partial charge in [-0.3, -0.25) is 4.79 Å². The van der Waals surface area contributed by atoms with Crippen molar-refractivity contribution in [3.8, 4) is 0 Å². The maximum atomic E-state index is 13.0. The molecule has 1 heterocycles. The minimum Gasteiger partial charge on any atom is -0.480 e. The van der Waals surface area contributed by atoms with Crippen LogP contribution in [-0.4, -0.2) is 23.7 Å². The summed E-state index contributed by atoms with van der Waals surface area (Å²) in [5.74, 6) is -0.981. The summed E-state index contributed by atoms with van der Waals surface area (Å²) in [6, 6.07) is 4.17. The molecule has 2 N–H and O–H groups in total. The maximum absolute atomic E-state index is 13.0. The van der Waals surface area contributed by atoms with Crippen molar-refractivity contribution in [2.75, 3.05) is 6.54 Å². The van der Waals surface area contributed by atoms with Gasteiger partial charge in [-0.2, -0.15) is 0 Å². The number of hydrogen-bond donors (Lipinski definition) is 2. The third-order valence-electron chi connectivity index (χ3n) is 3.03. The summed E-state index contributed by atoms with van der Waals surface area (Å²) in [5, 5.41) is 11.9. The molecule has 1 aromatic carbocycles. The van der Waals surface area contributed by atoms with E-state index in [2.05, 4.69) is 5.32 Å². The first-order valence-electron chi connectivity index (χ1n) is 5.46. The maximum Gasteiger partial charge on any atom is 0.320 e. The van der Waals surface area contributed by atoms with E-state index in [9.17, 15) is 9.18 Å². The zero-order valence-electron chi connectivity index (χ0n) is 9.12. The minimum atomic E-state index is -0.815. The highest BCUT2D eigenvalue weighted by atomic mass is 35.5. The number of aliphatic carboxylic acids is 1. The van der Waals surface area contributed by atoms with Crippen LogP contribution in [0.5, 0.6) is 0 Å². The molecular formula is C12H13ClFNO2. The number of carboxylic acids is 1. The molecule has 1 saturated heterocycles. The summed E-state index contributed by atoms with van der Waals surface area (Å²) in [7, 11) is 0. The molecule has 0 saturated carbocycles. The Hall–Kier alpha value is -1.13. The SMILES string of the molecule is O=C(O)[C@H]1C[C@H](Cc2ccc(F)c(Cl)c2)CN1. The summed E-state index contributed by atoms with van der Waals surface area (Å²) >= 11 is 5.69. The van der Waals surface area contributed by atoms with Crippen LogP contribution < -0.4 is 5.32 Å². The molecule has 0 unspecified atom stereocenters. The highest BCUT2D eigenvalue weighted by molar-refractivity contribution is 6.30. The Morgan fingerprint density at radius 2 is 2.35 bits per heavy atom. The summed E-state index contributed by atoms with van der Waals surface area (Å²) in [4.78, 5) is 10.8. The quantitative estimate of drug-likeness (QED) is 0.872. The number of benzene rings is 1. The van der Waals surface area contributed by atoms with Crippen molar-refractivity contribution in [3.63, 3.8) is 0 Å². The lowest BCUT2D eigenvalue weighted by molar-refractivity contribution is -0.139. The van der Waals surface area contributed by atoms with Gasteiger partial charge in [0.25, 0.3) is 0 Å². The second kappa shape index (κ2) is 5.02. The fourth-order valence-electron chi connectivity index (χ4n) is 2.15. The van der Waals surface area contributed by atoms with Gasteiger partial charge in [-0.1, -0.05) is 17.7 Å². The molecule has 1 aliphatic rings. The van der Waals surface area contributed by atoms with Crippen LogP contribution in [0.25, 0.3) is 0 Å². The van der Waals surface area contributed by atoms with Gasteiger partial charge in [0.1, 0.15) is 11.9 Å².